The Hall–Kier alpha value is -0.250. The summed E-state index contributed by atoms with van der Waals surface area (Å²) in [7, 11) is 0. The van der Waals surface area contributed by atoms with Crippen LogP contribution >= 0.6 is 27.5 Å². The molecule has 1 N–H and O–H groups in total. The first kappa shape index (κ1) is 14.2. The maximum atomic E-state index is 6.10. The maximum absolute atomic E-state index is 6.10. The van der Waals surface area contributed by atoms with Gasteiger partial charge in [-0.3, -0.25) is 0 Å². The Bertz CT molecular complexity index is 411. The molecule has 0 saturated carbocycles. The summed E-state index contributed by atoms with van der Waals surface area (Å²) in [6.45, 7) is 5.25. The van der Waals surface area contributed by atoms with Gasteiger partial charge in [-0.25, -0.2) is 0 Å². The van der Waals surface area contributed by atoms with Crippen molar-refractivity contribution >= 4 is 33.2 Å². The van der Waals surface area contributed by atoms with Gasteiger partial charge >= 0.3 is 0 Å². The molecule has 1 fully saturated rings. The Kier molecular flexibility index (Phi) is 4.93. The highest BCUT2D eigenvalue weighted by Gasteiger charge is 2.25. The quantitative estimate of drug-likeness (QED) is 0.865. The standard InChI is InChI=1S/C14H19BrClNO/c1-9(2)13-8-10(6-7-18-13)17-12-5-3-4-11(16)14(12)15/h3-5,9-10,13,17H,6-8H2,1-2H3. The summed E-state index contributed by atoms with van der Waals surface area (Å²) in [6.07, 6.45) is 2.45. The molecule has 2 atom stereocenters. The molecule has 4 heteroatoms. The van der Waals surface area contributed by atoms with Crippen LogP contribution in [0.15, 0.2) is 22.7 Å². The Morgan fingerprint density at radius 3 is 2.94 bits per heavy atom. The number of nitrogens with one attached hydrogen (secondary N) is 1. The van der Waals surface area contributed by atoms with Gasteiger partial charge in [0.25, 0.3) is 0 Å². The van der Waals surface area contributed by atoms with Crippen LogP contribution in [0.5, 0.6) is 0 Å². The Labute approximate surface area is 122 Å². The highest BCUT2D eigenvalue weighted by atomic mass is 79.9. The number of benzene rings is 1. The molecule has 100 valence electrons. The second kappa shape index (κ2) is 6.27. The van der Waals surface area contributed by atoms with Crippen molar-refractivity contribution in [3.8, 4) is 0 Å². The Morgan fingerprint density at radius 1 is 1.44 bits per heavy atom. The fourth-order valence-electron chi connectivity index (χ4n) is 2.26. The highest BCUT2D eigenvalue weighted by molar-refractivity contribution is 9.10. The van der Waals surface area contributed by atoms with E-state index in [0.717, 1.165) is 34.6 Å². The molecule has 0 aromatic heterocycles. The first-order chi connectivity index (χ1) is 8.58. The topological polar surface area (TPSA) is 21.3 Å². The van der Waals surface area contributed by atoms with Gasteiger partial charge in [0, 0.05) is 12.6 Å². The monoisotopic (exact) mass is 331 g/mol. The highest BCUT2D eigenvalue weighted by Crippen LogP contribution is 2.32. The van der Waals surface area contributed by atoms with Gasteiger partial charge in [-0.1, -0.05) is 31.5 Å². The summed E-state index contributed by atoms with van der Waals surface area (Å²) in [5, 5.41) is 4.31. The van der Waals surface area contributed by atoms with Gasteiger partial charge in [-0.05, 0) is 46.8 Å². The van der Waals surface area contributed by atoms with Gasteiger partial charge < -0.3 is 10.1 Å². The molecular weight excluding hydrogens is 314 g/mol. The molecule has 2 rings (SSSR count). The number of hydrogen-bond donors (Lipinski definition) is 1. The molecule has 0 spiro atoms. The number of rotatable bonds is 3. The lowest BCUT2D eigenvalue weighted by Gasteiger charge is -2.33. The molecule has 1 aromatic carbocycles. The zero-order valence-electron chi connectivity index (χ0n) is 10.7. The molecular formula is C14H19BrClNO. The van der Waals surface area contributed by atoms with Gasteiger partial charge in [0.2, 0.25) is 0 Å². The summed E-state index contributed by atoms with van der Waals surface area (Å²) in [4.78, 5) is 0. The molecule has 0 aliphatic carbocycles. The molecule has 1 aliphatic heterocycles. The van der Waals surface area contributed by atoms with Crippen molar-refractivity contribution in [1.29, 1.82) is 0 Å². The van der Waals surface area contributed by atoms with Crippen molar-refractivity contribution < 1.29 is 4.74 Å². The van der Waals surface area contributed by atoms with E-state index in [-0.39, 0.29) is 0 Å². The average Bonchev–Trinajstić information content (AvgIpc) is 2.35. The lowest BCUT2D eigenvalue weighted by atomic mass is 9.95. The fraction of sp³-hybridized carbons (Fsp3) is 0.571. The van der Waals surface area contributed by atoms with Crippen molar-refractivity contribution in [1.82, 2.24) is 0 Å². The van der Waals surface area contributed by atoms with E-state index in [4.69, 9.17) is 16.3 Å². The van der Waals surface area contributed by atoms with Crippen molar-refractivity contribution in [3.05, 3.63) is 27.7 Å². The van der Waals surface area contributed by atoms with Gasteiger partial charge in [-0.15, -0.1) is 0 Å². The Morgan fingerprint density at radius 2 is 2.22 bits per heavy atom. The van der Waals surface area contributed by atoms with Crippen molar-refractivity contribution in [2.75, 3.05) is 11.9 Å². The zero-order chi connectivity index (χ0) is 13.1. The van der Waals surface area contributed by atoms with E-state index < -0.39 is 0 Å². The van der Waals surface area contributed by atoms with E-state index >= 15 is 0 Å². The lowest BCUT2D eigenvalue weighted by molar-refractivity contribution is -0.0160. The van der Waals surface area contributed by atoms with Crippen LogP contribution < -0.4 is 5.32 Å². The third-order valence-corrected chi connectivity index (χ3v) is 4.77. The van der Waals surface area contributed by atoms with Crippen LogP contribution in [0, 0.1) is 5.92 Å². The van der Waals surface area contributed by atoms with Crippen LogP contribution in [0.2, 0.25) is 5.02 Å². The summed E-state index contributed by atoms with van der Waals surface area (Å²) in [5.41, 5.74) is 1.07. The second-order valence-corrected chi connectivity index (χ2v) is 6.32. The first-order valence-corrected chi connectivity index (χ1v) is 7.57. The summed E-state index contributed by atoms with van der Waals surface area (Å²) < 4.78 is 6.73. The minimum atomic E-state index is 0.356. The van der Waals surface area contributed by atoms with Crippen LogP contribution in [-0.4, -0.2) is 18.8 Å². The molecule has 0 bridgehead atoms. The SMILES string of the molecule is CC(C)C1CC(Nc2cccc(Cl)c2Br)CCO1. The molecule has 2 unspecified atom stereocenters. The molecule has 1 saturated heterocycles. The summed E-state index contributed by atoms with van der Waals surface area (Å²) >= 11 is 9.62. The van der Waals surface area contributed by atoms with E-state index in [1.807, 2.05) is 12.1 Å². The zero-order valence-corrected chi connectivity index (χ0v) is 13.1. The Balaban J connectivity index is 2.03. The number of anilines is 1. The molecule has 2 nitrogen and oxygen atoms in total. The van der Waals surface area contributed by atoms with Crippen LogP contribution in [0.1, 0.15) is 26.7 Å². The van der Waals surface area contributed by atoms with E-state index in [1.165, 1.54) is 0 Å². The summed E-state index contributed by atoms with van der Waals surface area (Å²) in [5.74, 6) is 0.567. The lowest BCUT2D eigenvalue weighted by Crippen LogP contribution is -2.36. The van der Waals surface area contributed by atoms with Gasteiger partial charge in [0.15, 0.2) is 0 Å². The molecule has 0 radical (unpaired) electrons. The van der Waals surface area contributed by atoms with E-state index in [0.29, 0.717) is 18.1 Å². The third kappa shape index (κ3) is 3.40. The van der Waals surface area contributed by atoms with Crippen LogP contribution in [0.25, 0.3) is 0 Å². The minimum Gasteiger partial charge on any atom is -0.381 e. The second-order valence-electron chi connectivity index (χ2n) is 5.12. The van der Waals surface area contributed by atoms with E-state index in [2.05, 4.69) is 41.2 Å². The first-order valence-electron chi connectivity index (χ1n) is 6.40. The average molecular weight is 333 g/mol. The van der Waals surface area contributed by atoms with Crippen LogP contribution in [-0.2, 0) is 4.74 Å². The predicted octanol–water partition coefficient (Wildman–Crippen LogP) is 4.72. The van der Waals surface area contributed by atoms with Gasteiger partial charge in [0.1, 0.15) is 0 Å². The number of halogens is 2. The van der Waals surface area contributed by atoms with Crippen molar-refractivity contribution in [2.45, 2.75) is 38.8 Å². The molecule has 0 amide bonds. The summed E-state index contributed by atoms with van der Waals surface area (Å²) in [6, 6.07) is 6.36. The normalized spacial score (nSPS) is 24.3. The number of hydrogen-bond acceptors (Lipinski definition) is 2. The van der Waals surface area contributed by atoms with Gasteiger partial charge in [0.05, 0.1) is 21.3 Å². The van der Waals surface area contributed by atoms with Crippen molar-refractivity contribution in [2.24, 2.45) is 5.92 Å². The van der Waals surface area contributed by atoms with Gasteiger partial charge in [-0.2, -0.15) is 0 Å². The fourth-order valence-corrected chi connectivity index (χ4v) is 2.81. The minimum absolute atomic E-state index is 0.356. The molecule has 18 heavy (non-hydrogen) atoms. The van der Waals surface area contributed by atoms with Crippen LogP contribution in [0.3, 0.4) is 0 Å². The van der Waals surface area contributed by atoms with E-state index in [1.54, 1.807) is 0 Å². The third-order valence-electron chi connectivity index (χ3n) is 3.37. The molecule has 1 heterocycles. The predicted molar refractivity (Wildman–Crippen MR) is 80.4 cm³/mol. The van der Waals surface area contributed by atoms with Crippen LogP contribution in [0.4, 0.5) is 5.69 Å². The molecule has 1 aromatic rings. The van der Waals surface area contributed by atoms with Crippen molar-refractivity contribution in [3.63, 3.8) is 0 Å². The van der Waals surface area contributed by atoms with E-state index in [9.17, 15) is 0 Å². The molecule has 1 aliphatic rings. The maximum Gasteiger partial charge on any atom is 0.0617 e. The number of ether oxygens (including phenoxy) is 1. The largest absolute Gasteiger partial charge is 0.381 e. The smallest absolute Gasteiger partial charge is 0.0617 e.